The topological polar surface area (TPSA) is 101 Å². The molecule has 1 aromatic rings. The van der Waals surface area contributed by atoms with Gasteiger partial charge >= 0.3 is 0 Å². The number of nitrogen functional groups attached to an aromatic ring is 1. The number of nitrogens with two attached hydrogens (primary N) is 1. The lowest BCUT2D eigenvalue weighted by molar-refractivity contribution is -0.120. The molecule has 0 fully saturated rings. The number of amides is 1. The fourth-order valence-corrected chi connectivity index (χ4v) is 2.94. The van der Waals surface area contributed by atoms with Crippen LogP contribution in [0.4, 0.5) is 10.1 Å². The molecular formula is C10H13BrFN3O3S. The van der Waals surface area contributed by atoms with Crippen molar-refractivity contribution in [3.8, 4) is 0 Å². The zero-order chi connectivity index (χ0) is 14.6. The highest BCUT2D eigenvalue weighted by Crippen LogP contribution is 2.25. The summed E-state index contributed by atoms with van der Waals surface area (Å²) in [7, 11) is -2.44. The molecule has 0 saturated heterocycles. The minimum absolute atomic E-state index is 0.00199. The first-order valence-electron chi connectivity index (χ1n) is 5.22. The fourth-order valence-electron chi connectivity index (χ4n) is 1.28. The highest BCUT2D eigenvalue weighted by atomic mass is 79.9. The maximum absolute atomic E-state index is 13.2. The summed E-state index contributed by atoms with van der Waals surface area (Å²) in [6.45, 7) is -0.0730. The summed E-state index contributed by atoms with van der Waals surface area (Å²) in [6.07, 6.45) is -0.00199. The largest absolute Gasteiger partial charge is 0.398 e. The maximum atomic E-state index is 13.2. The van der Waals surface area contributed by atoms with E-state index in [-0.39, 0.29) is 33.9 Å². The molecule has 0 aliphatic rings. The van der Waals surface area contributed by atoms with Crippen LogP contribution in [0.2, 0.25) is 0 Å². The standard InChI is InChI=1S/C10H13BrFN3O3S/c1-14-10(16)2-3-15-19(17,18)9-4-6(11)7(12)5-8(9)13/h4-5,15H,2-3,13H2,1H3,(H,14,16). The highest BCUT2D eigenvalue weighted by Gasteiger charge is 2.19. The van der Waals surface area contributed by atoms with Gasteiger partial charge in [-0.25, -0.2) is 17.5 Å². The zero-order valence-electron chi connectivity index (χ0n) is 10.0. The summed E-state index contributed by atoms with van der Waals surface area (Å²) >= 11 is 2.89. The van der Waals surface area contributed by atoms with Crippen LogP contribution in [0.1, 0.15) is 6.42 Å². The molecule has 1 aromatic carbocycles. The van der Waals surface area contributed by atoms with E-state index < -0.39 is 15.8 Å². The second kappa shape index (κ2) is 6.31. The monoisotopic (exact) mass is 353 g/mol. The third-order valence-corrected chi connectivity index (χ3v) is 4.39. The third-order valence-electron chi connectivity index (χ3n) is 2.27. The molecule has 1 rings (SSSR count). The Morgan fingerprint density at radius 1 is 1.47 bits per heavy atom. The molecule has 0 heterocycles. The van der Waals surface area contributed by atoms with Gasteiger partial charge in [0, 0.05) is 20.0 Å². The summed E-state index contributed by atoms with van der Waals surface area (Å²) in [5.41, 5.74) is 5.27. The number of halogens is 2. The van der Waals surface area contributed by atoms with Crippen LogP contribution in [-0.2, 0) is 14.8 Å². The van der Waals surface area contributed by atoms with Gasteiger partial charge < -0.3 is 11.1 Å². The molecular weight excluding hydrogens is 341 g/mol. The molecule has 0 bridgehead atoms. The van der Waals surface area contributed by atoms with Crippen LogP contribution in [0, 0.1) is 5.82 Å². The van der Waals surface area contributed by atoms with Crippen molar-refractivity contribution < 1.29 is 17.6 Å². The number of carbonyl (C=O) groups excluding carboxylic acids is 1. The summed E-state index contributed by atoms with van der Waals surface area (Å²) in [4.78, 5) is 10.7. The van der Waals surface area contributed by atoms with Crippen LogP contribution in [-0.4, -0.2) is 27.9 Å². The molecule has 6 nitrogen and oxygen atoms in total. The van der Waals surface area contributed by atoms with Crippen LogP contribution in [0.15, 0.2) is 21.5 Å². The molecule has 1 amide bonds. The normalized spacial score (nSPS) is 11.3. The van der Waals surface area contributed by atoms with E-state index in [1.807, 2.05) is 0 Å². The van der Waals surface area contributed by atoms with Crippen LogP contribution in [0.3, 0.4) is 0 Å². The van der Waals surface area contributed by atoms with Crippen molar-refractivity contribution in [3.63, 3.8) is 0 Å². The number of sulfonamides is 1. The van der Waals surface area contributed by atoms with Crippen LogP contribution >= 0.6 is 15.9 Å². The highest BCUT2D eigenvalue weighted by molar-refractivity contribution is 9.10. The molecule has 0 saturated carbocycles. The lowest BCUT2D eigenvalue weighted by Gasteiger charge is -2.09. The zero-order valence-corrected chi connectivity index (χ0v) is 12.4. The van der Waals surface area contributed by atoms with Crippen molar-refractivity contribution >= 4 is 37.5 Å². The van der Waals surface area contributed by atoms with Crippen molar-refractivity contribution in [2.75, 3.05) is 19.3 Å². The number of hydrogen-bond acceptors (Lipinski definition) is 4. The molecule has 0 radical (unpaired) electrons. The summed E-state index contributed by atoms with van der Waals surface area (Å²) in [5, 5.41) is 2.36. The minimum atomic E-state index is -3.89. The van der Waals surface area contributed by atoms with Crippen molar-refractivity contribution in [1.82, 2.24) is 10.0 Å². The summed E-state index contributed by atoms with van der Waals surface area (Å²) in [5.74, 6) is -0.947. The Kier molecular flexibility index (Phi) is 5.27. The van der Waals surface area contributed by atoms with Gasteiger partial charge in [-0.3, -0.25) is 4.79 Å². The number of carbonyl (C=O) groups is 1. The summed E-state index contributed by atoms with van der Waals surface area (Å²) in [6, 6.07) is 1.99. The van der Waals surface area contributed by atoms with E-state index in [1.54, 1.807) is 0 Å². The van der Waals surface area contributed by atoms with Crippen molar-refractivity contribution in [2.45, 2.75) is 11.3 Å². The summed E-state index contributed by atoms with van der Waals surface area (Å²) < 4.78 is 39.2. The van der Waals surface area contributed by atoms with Gasteiger partial charge in [0.25, 0.3) is 0 Å². The first-order chi connectivity index (χ1) is 8.77. The second-order valence-electron chi connectivity index (χ2n) is 3.63. The van der Waals surface area contributed by atoms with Crippen LogP contribution < -0.4 is 15.8 Å². The Morgan fingerprint density at radius 2 is 2.11 bits per heavy atom. The number of anilines is 1. The predicted octanol–water partition coefficient (Wildman–Crippen LogP) is 0.585. The number of hydrogen-bond donors (Lipinski definition) is 3. The number of benzene rings is 1. The van der Waals surface area contributed by atoms with Gasteiger partial charge in [-0.15, -0.1) is 0 Å². The molecule has 0 unspecified atom stereocenters. The predicted molar refractivity (Wildman–Crippen MR) is 72.4 cm³/mol. The first-order valence-corrected chi connectivity index (χ1v) is 7.50. The fraction of sp³-hybridized carbons (Fsp3) is 0.300. The van der Waals surface area contributed by atoms with Gasteiger partial charge in [-0.2, -0.15) is 0 Å². The molecule has 106 valence electrons. The van der Waals surface area contributed by atoms with E-state index >= 15 is 0 Å². The van der Waals surface area contributed by atoms with Gasteiger partial charge in [0.05, 0.1) is 10.2 Å². The van der Waals surface area contributed by atoms with Crippen molar-refractivity contribution in [1.29, 1.82) is 0 Å². The van der Waals surface area contributed by atoms with Gasteiger partial charge in [-0.1, -0.05) is 0 Å². The lowest BCUT2D eigenvalue weighted by Crippen LogP contribution is -2.29. The Hall–Kier alpha value is -1.19. The molecule has 0 aliphatic carbocycles. The minimum Gasteiger partial charge on any atom is -0.398 e. The van der Waals surface area contributed by atoms with Crippen molar-refractivity contribution in [3.05, 3.63) is 22.4 Å². The Morgan fingerprint density at radius 3 is 2.68 bits per heavy atom. The average molecular weight is 354 g/mol. The Labute approximate surface area is 118 Å². The van der Waals surface area contributed by atoms with Gasteiger partial charge in [0.2, 0.25) is 15.9 Å². The quantitative estimate of drug-likeness (QED) is 0.674. The van der Waals surface area contributed by atoms with Gasteiger partial charge in [-0.05, 0) is 28.1 Å². The first kappa shape index (κ1) is 15.9. The van der Waals surface area contributed by atoms with E-state index in [0.29, 0.717) is 0 Å². The van der Waals surface area contributed by atoms with Gasteiger partial charge in [0.15, 0.2) is 0 Å². The molecule has 19 heavy (non-hydrogen) atoms. The van der Waals surface area contributed by atoms with E-state index in [2.05, 4.69) is 26.0 Å². The van der Waals surface area contributed by atoms with Crippen LogP contribution in [0.5, 0.6) is 0 Å². The Bertz CT molecular complexity index is 592. The van der Waals surface area contributed by atoms with E-state index in [1.165, 1.54) is 7.05 Å². The van der Waals surface area contributed by atoms with Crippen LogP contribution in [0.25, 0.3) is 0 Å². The average Bonchev–Trinajstić information content (AvgIpc) is 2.33. The second-order valence-corrected chi connectivity index (χ2v) is 6.21. The third kappa shape index (κ3) is 4.15. The van der Waals surface area contributed by atoms with Crippen molar-refractivity contribution in [2.24, 2.45) is 0 Å². The Balaban J connectivity index is 2.89. The van der Waals surface area contributed by atoms with E-state index in [4.69, 9.17) is 5.73 Å². The number of nitrogens with one attached hydrogen (secondary N) is 2. The molecule has 0 aliphatic heterocycles. The molecule has 0 atom stereocenters. The molecule has 0 aromatic heterocycles. The number of rotatable bonds is 5. The van der Waals surface area contributed by atoms with Gasteiger partial charge in [0.1, 0.15) is 10.7 Å². The molecule has 9 heteroatoms. The van der Waals surface area contributed by atoms with E-state index in [0.717, 1.165) is 12.1 Å². The maximum Gasteiger partial charge on any atom is 0.242 e. The molecule has 0 spiro atoms. The lowest BCUT2D eigenvalue weighted by atomic mass is 10.3. The molecule has 4 N–H and O–H groups in total. The van der Waals surface area contributed by atoms with E-state index in [9.17, 15) is 17.6 Å². The SMILES string of the molecule is CNC(=O)CCNS(=O)(=O)c1cc(Br)c(F)cc1N. The smallest absolute Gasteiger partial charge is 0.242 e.